The molecule has 1 saturated heterocycles. The fourth-order valence-electron chi connectivity index (χ4n) is 2.47. The molecule has 0 bridgehead atoms. The van der Waals surface area contributed by atoms with Gasteiger partial charge in [0.25, 0.3) is 5.56 Å². The van der Waals surface area contributed by atoms with Crippen molar-refractivity contribution in [1.82, 2.24) is 15.1 Å². The van der Waals surface area contributed by atoms with Crippen LogP contribution in [0.15, 0.2) is 10.9 Å². The van der Waals surface area contributed by atoms with E-state index in [0.717, 1.165) is 25.2 Å². The molecule has 1 aromatic heterocycles. The molecule has 1 aliphatic heterocycles. The number of halogens is 1. The third kappa shape index (κ3) is 3.07. The molecule has 0 amide bonds. The van der Waals surface area contributed by atoms with Gasteiger partial charge in [0.15, 0.2) is 0 Å². The van der Waals surface area contributed by atoms with Crippen LogP contribution in [0, 0.1) is 0 Å². The third-order valence-corrected chi connectivity index (χ3v) is 3.69. The van der Waals surface area contributed by atoms with E-state index in [9.17, 15) is 4.79 Å². The summed E-state index contributed by atoms with van der Waals surface area (Å²) < 4.78 is 0. The second kappa shape index (κ2) is 5.65. The van der Waals surface area contributed by atoms with Crippen LogP contribution in [0.2, 0.25) is 5.02 Å². The van der Waals surface area contributed by atoms with Crippen LogP contribution in [-0.4, -0.2) is 34.2 Å². The molecule has 1 fully saturated rings. The Labute approximate surface area is 106 Å². The summed E-state index contributed by atoms with van der Waals surface area (Å²) in [7, 11) is 0. The average molecular weight is 256 g/mol. The molecule has 0 radical (unpaired) electrons. The van der Waals surface area contributed by atoms with Crippen LogP contribution in [0.25, 0.3) is 0 Å². The molecule has 4 nitrogen and oxygen atoms in total. The number of rotatable bonds is 3. The Bertz CT molecular complexity index is 432. The Morgan fingerprint density at radius 3 is 3.12 bits per heavy atom. The second-order valence-corrected chi connectivity index (χ2v) is 4.93. The maximum absolute atomic E-state index is 11.1. The van der Waals surface area contributed by atoms with Crippen LogP contribution < -0.4 is 5.56 Å². The normalized spacial score (nSPS) is 21.6. The van der Waals surface area contributed by atoms with Gasteiger partial charge in [-0.25, -0.2) is 5.10 Å². The van der Waals surface area contributed by atoms with Crippen molar-refractivity contribution in [1.29, 1.82) is 0 Å². The van der Waals surface area contributed by atoms with Gasteiger partial charge in [-0.15, -0.1) is 0 Å². The molecule has 1 aliphatic rings. The maximum Gasteiger partial charge on any atom is 0.282 e. The first-order chi connectivity index (χ1) is 8.20. The summed E-state index contributed by atoms with van der Waals surface area (Å²) in [5.74, 6) is 0. The third-order valence-electron chi connectivity index (χ3n) is 3.41. The summed E-state index contributed by atoms with van der Waals surface area (Å²) >= 11 is 5.80. The van der Waals surface area contributed by atoms with E-state index in [4.69, 9.17) is 11.6 Å². The van der Waals surface area contributed by atoms with Gasteiger partial charge in [-0.3, -0.25) is 4.79 Å². The molecule has 17 heavy (non-hydrogen) atoms. The number of H-pyrrole nitrogens is 1. The van der Waals surface area contributed by atoms with Crippen LogP contribution in [0.4, 0.5) is 0 Å². The smallest absolute Gasteiger partial charge is 0.282 e. The van der Waals surface area contributed by atoms with E-state index in [-0.39, 0.29) is 10.6 Å². The molecule has 0 spiro atoms. The highest BCUT2D eigenvalue weighted by molar-refractivity contribution is 6.30. The van der Waals surface area contributed by atoms with Crippen LogP contribution in [0.1, 0.15) is 31.9 Å². The summed E-state index contributed by atoms with van der Waals surface area (Å²) in [6.07, 6.45) is 4.62. The highest BCUT2D eigenvalue weighted by Gasteiger charge is 2.21. The van der Waals surface area contributed by atoms with Gasteiger partial charge in [-0.05, 0) is 32.0 Å². The fourth-order valence-corrected chi connectivity index (χ4v) is 2.64. The van der Waals surface area contributed by atoms with Crippen molar-refractivity contribution >= 4 is 11.6 Å². The van der Waals surface area contributed by atoms with E-state index in [1.54, 1.807) is 6.07 Å². The molecule has 0 aromatic carbocycles. The topological polar surface area (TPSA) is 49.0 Å². The molecule has 0 saturated carbocycles. The Hall–Kier alpha value is -0.870. The number of nitrogens with zero attached hydrogens (tertiary/aromatic N) is 2. The quantitative estimate of drug-likeness (QED) is 0.897. The number of likely N-dealkylation sites (N-methyl/N-ethyl adjacent to an activating group) is 1. The standard InChI is InChI=1S/C12H18ClN3O/c1-2-16-6-4-3-5-10(16)7-9-8-11(13)12(17)15-14-9/h8,10H,2-7H2,1H3,(H,15,17). The summed E-state index contributed by atoms with van der Waals surface area (Å²) in [4.78, 5) is 13.6. The van der Waals surface area contributed by atoms with Crippen molar-refractivity contribution in [3.63, 3.8) is 0 Å². The zero-order valence-electron chi connectivity index (χ0n) is 10.1. The van der Waals surface area contributed by atoms with Crippen molar-refractivity contribution in [2.75, 3.05) is 13.1 Å². The largest absolute Gasteiger partial charge is 0.300 e. The van der Waals surface area contributed by atoms with Crippen molar-refractivity contribution < 1.29 is 0 Å². The van der Waals surface area contributed by atoms with E-state index >= 15 is 0 Å². The van der Waals surface area contributed by atoms with Gasteiger partial charge in [0, 0.05) is 12.5 Å². The SMILES string of the molecule is CCN1CCCCC1Cc1cc(Cl)c(=O)[nH]n1. The van der Waals surface area contributed by atoms with Gasteiger partial charge >= 0.3 is 0 Å². The molecule has 1 atom stereocenters. The van der Waals surface area contributed by atoms with E-state index in [1.165, 1.54) is 19.3 Å². The highest BCUT2D eigenvalue weighted by Crippen LogP contribution is 2.19. The van der Waals surface area contributed by atoms with Crippen molar-refractivity contribution in [3.8, 4) is 0 Å². The molecule has 1 unspecified atom stereocenters. The fraction of sp³-hybridized carbons (Fsp3) is 0.667. The van der Waals surface area contributed by atoms with Crippen LogP contribution in [-0.2, 0) is 6.42 Å². The molecule has 0 aliphatic carbocycles. The molecular formula is C12H18ClN3O. The molecule has 1 N–H and O–H groups in total. The summed E-state index contributed by atoms with van der Waals surface area (Å²) in [6.45, 7) is 4.42. The Kier molecular flexibility index (Phi) is 4.18. The molecule has 5 heteroatoms. The summed E-state index contributed by atoms with van der Waals surface area (Å²) in [5, 5.41) is 6.72. The minimum atomic E-state index is -0.314. The van der Waals surface area contributed by atoms with Crippen LogP contribution in [0.5, 0.6) is 0 Å². The van der Waals surface area contributed by atoms with Gasteiger partial charge < -0.3 is 4.90 Å². The van der Waals surface area contributed by atoms with Gasteiger partial charge in [0.2, 0.25) is 0 Å². The number of aromatic amines is 1. The van der Waals surface area contributed by atoms with Crippen molar-refractivity contribution in [2.45, 2.75) is 38.6 Å². The second-order valence-electron chi connectivity index (χ2n) is 4.52. The summed E-state index contributed by atoms with van der Waals surface area (Å²) in [5.41, 5.74) is 0.561. The van der Waals surface area contributed by atoms with Crippen LogP contribution >= 0.6 is 11.6 Å². The van der Waals surface area contributed by atoms with Gasteiger partial charge in [-0.1, -0.05) is 24.9 Å². The minimum Gasteiger partial charge on any atom is -0.300 e. The lowest BCUT2D eigenvalue weighted by Crippen LogP contribution is -2.40. The van der Waals surface area contributed by atoms with Gasteiger partial charge in [-0.2, -0.15) is 5.10 Å². The van der Waals surface area contributed by atoms with E-state index in [2.05, 4.69) is 22.0 Å². The number of hydrogen-bond donors (Lipinski definition) is 1. The number of aromatic nitrogens is 2. The lowest BCUT2D eigenvalue weighted by Gasteiger charge is -2.34. The zero-order chi connectivity index (χ0) is 12.3. The predicted octanol–water partition coefficient (Wildman–Crippen LogP) is 1.84. The number of hydrogen-bond acceptors (Lipinski definition) is 3. The molecular weight excluding hydrogens is 238 g/mol. The first-order valence-corrected chi connectivity index (χ1v) is 6.56. The monoisotopic (exact) mass is 255 g/mol. The Morgan fingerprint density at radius 1 is 1.59 bits per heavy atom. The molecule has 2 rings (SSSR count). The number of nitrogens with one attached hydrogen (secondary N) is 1. The van der Waals surface area contributed by atoms with E-state index in [1.807, 2.05) is 0 Å². The van der Waals surface area contributed by atoms with Gasteiger partial charge in [0.1, 0.15) is 5.02 Å². The maximum atomic E-state index is 11.1. The molecule has 94 valence electrons. The van der Waals surface area contributed by atoms with Gasteiger partial charge in [0.05, 0.1) is 5.69 Å². The highest BCUT2D eigenvalue weighted by atomic mass is 35.5. The first-order valence-electron chi connectivity index (χ1n) is 6.19. The predicted molar refractivity (Wildman–Crippen MR) is 68.5 cm³/mol. The average Bonchev–Trinajstić information content (AvgIpc) is 2.34. The molecule has 1 aromatic rings. The number of piperidine rings is 1. The van der Waals surface area contributed by atoms with Crippen molar-refractivity contribution in [2.24, 2.45) is 0 Å². The minimum absolute atomic E-state index is 0.230. The van der Waals surface area contributed by atoms with Crippen molar-refractivity contribution in [3.05, 3.63) is 27.1 Å². The Morgan fingerprint density at radius 2 is 2.41 bits per heavy atom. The lowest BCUT2D eigenvalue weighted by atomic mass is 9.98. The first kappa shape index (κ1) is 12.6. The lowest BCUT2D eigenvalue weighted by molar-refractivity contribution is 0.154. The molecule has 2 heterocycles. The van der Waals surface area contributed by atoms with Crippen LogP contribution in [0.3, 0.4) is 0 Å². The van der Waals surface area contributed by atoms with E-state index in [0.29, 0.717) is 6.04 Å². The Balaban J connectivity index is 2.08. The van der Waals surface area contributed by atoms with E-state index < -0.39 is 0 Å². The summed E-state index contributed by atoms with van der Waals surface area (Å²) in [6, 6.07) is 2.21. The zero-order valence-corrected chi connectivity index (χ0v) is 10.8. The number of likely N-dealkylation sites (tertiary alicyclic amines) is 1.